The van der Waals surface area contributed by atoms with Crippen molar-refractivity contribution in [1.29, 1.82) is 0 Å². The lowest BCUT2D eigenvalue weighted by atomic mass is 9.87. The Labute approximate surface area is 96.5 Å². The quantitative estimate of drug-likeness (QED) is 0.758. The Hall–Kier alpha value is -0.470. The highest BCUT2D eigenvalue weighted by atomic mass is 79.9. The van der Waals surface area contributed by atoms with Crippen LogP contribution in [0.4, 0.5) is 0 Å². The maximum atomic E-state index is 9.42. The van der Waals surface area contributed by atoms with Crippen molar-refractivity contribution in [2.24, 2.45) is 0 Å². The monoisotopic (exact) mass is 272 g/mol. The molecule has 2 rings (SSSR count). The third kappa shape index (κ3) is 1.21. The van der Waals surface area contributed by atoms with Crippen LogP contribution in [0.5, 0.6) is 5.75 Å². The summed E-state index contributed by atoms with van der Waals surface area (Å²) in [6.45, 7) is 4.09. The van der Waals surface area contributed by atoms with Crippen molar-refractivity contribution >= 4 is 32.0 Å². The van der Waals surface area contributed by atoms with Crippen LogP contribution in [0, 0.1) is 0 Å². The van der Waals surface area contributed by atoms with E-state index in [4.69, 9.17) is 11.6 Å². The molecule has 0 aliphatic heterocycles. The molecule has 14 heavy (non-hydrogen) atoms. The molecule has 0 atom stereocenters. The first-order valence-corrected chi connectivity index (χ1v) is 5.51. The summed E-state index contributed by atoms with van der Waals surface area (Å²) < 4.78 is 0.930. The van der Waals surface area contributed by atoms with Gasteiger partial charge in [0.1, 0.15) is 5.75 Å². The molecule has 1 aliphatic rings. The molecule has 1 aliphatic carbocycles. The van der Waals surface area contributed by atoms with E-state index in [1.165, 1.54) is 0 Å². The van der Waals surface area contributed by atoms with E-state index >= 15 is 0 Å². The minimum atomic E-state index is -0.214. The average Bonchev–Trinajstić information content (AvgIpc) is 2.29. The van der Waals surface area contributed by atoms with Crippen molar-refractivity contribution in [2.75, 3.05) is 0 Å². The number of benzene rings is 1. The summed E-state index contributed by atoms with van der Waals surface area (Å²) >= 11 is 9.69. The highest BCUT2D eigenvalue weighted by molar-refractivity contribution is 9.15. The smallest absolute Gasteiger partial charge is 0.115 e. The lowest BCUT2D eigenvalue weighted by Crippen LogP contribution is -2.14. The zero-order valence-corrected chi connectivity index (χ0v) is 10.3. The molecule has 0 saturated heterocycles. The van der Waals surface area contributed by atoms with E-state index in [2.05, 4.69) is 15.9 Å². The SMILES string of the molecule is CC1(C)C(Cl)=C(Br)c2ccc(O)cc21. The van der Waals surface area contributed by atoms with Gasteiger partial charge in [0.15, 0.2) is 0 Å². The Bertz CT molecular complexity index is 435. The van der Waals surface area contributed by atoms with E-state index in [0.717, 1.165) is 20.6 Å². The predicted molar refractivity (Wildman–Crippen MR) is 62.8 cm³/mol. The first-order chi connectivity index (χ1) is 6.44. The van der Waals surface area contributed by atoms with E-state index in [1.54, 1.807) is 12.1 Å². The van der Waals surface area contributed by atoms with Gasteiger partial charge < -0.3 is 5.11 Å². The van der Waals surface area contributed by atoms with Gasteiger partial charge in [-0.2, -0.15) is 0 Å². The van der Waals surface area contributed by atoms with E-state index in [9.17, 15) is 5.11 Å². The largest absolute Gasteiger partial charge is 0.508 e. The summed E-state index contributed by atoms with van der Waals surface area (Å²) in [4.78, 5) is 0. The minimum Gasteiger partial charge on any atom is -0.508 e. The molecule has 0 bridgehead atoms. The van der Waals surface area contributed by atoms with Crippen LogP contribution in [0.2, 0.25) is 0 Å². The van der Waals surface area contributed by atoms with Gasteiger partial charge in [-0.05, 0) is 45.3 Å². The Kier molecular flexibility index (Phi) is 2.16. The third-order valence-electron chi connectivity index (χ3n) is 2.65. The van der Waals surface area contributed by atoms with Crippen molar-refractivity contribution in [2.45, 2.75) is 19.3 Å². The van der Waals surface area contributed by atoms with Crippen LogP contribution in [-0.4, -0.2) is 5.11 Å². The molecule has 0 aromatic heterocycles. The van der Waals surface area contributed by atoms with Gasteiger partial charge in [0.05, 0.1) is 0 Å². The van der Waals surface area contributed by atoms with E-state index < -0.39 is 0 Å². The number of phenolic OH excluding ortho intramolecular Hbond substituents is 1. The van der Waals surface area contributed by atoms with Crippen LogP contribution in [0.25, 0.3) is 4.48 Å². The second-order valence-corrected chi connectivity index (χ2v) is 5.15. The maximum absolute atomic E-state index is 9.42. The predicted octanol–water partition coefficient (Wildman–Crippen LogP) is 3.99. The highest BCUT2D eigenvalue weighted by Gasteiger charge is 2.36. The van der Waals surface area contributed by atoms with Gasteiger partial charge >= 0.3 is 0 Å². The lowest BCUT2D eigenvalue weighted by Gasteiger charge is -2.20. The van der Waals surface area contributed by atoms with Gasteiger partial charge in [0.2, 0.25) is 0 Å². The molecule has 0 unspecified atom stereocenters. The van der Waals surface area contributed by atoms with Gasteiger partial charge in [-0.3, -0.25) is 0 Å². The molecule has 0 radical (unpaired) electrons. The third-order valence-corrected chi connectivity index (χ3v) is 4.37. The summed E-state index contributed by atoms with van der Waals surface area (Å²) in [5.74, 6) is 0.281. The summed E-state index contributed by atoms with van der Waals surface area (Å²) in [5.41, 5.74) is 1.92. The molecule has 1 aromatic rings. The number of hydrogen-bond donors (Lipinski definition) is 1. The number of allylic oxidation sites excluding steroid dienone is 1. The fourth-order valence-corrected chi connectivity index (χ4v) is 2.80. The fraction of sp³-hybridized carbons (Fsp3) is 0.273. The molecular formula is C11H10BrClO. The van der Waals surface area contributed by atoms with Crippen molar-refractivity contribution in [3.05, 3.63) is 34.4 Å². The zero-order chi connectivity index (χ0) is 10.5. The molecule has 1 nitrogen and oxygen atoms in total. The first-order valence-electron chi connectivity index (χ1n) is 4.34. The molecule has 0 heterocycles. The van der Waals surface area contributed by atoms with Gasteiger partial charge in [-0.25, -0.2) is 0 Å². The fourth-order valence-electron chi connectivity index (χ4n) is 1.75. The molecule has 74 valence electrons. The van der Waals surface area contributed by atoms with Crippen LogP contribution in [0.3, 0.4) is 0 Å². The summed E-state index contributed by atoms with van der Waals surface area (Å²) in [7, 11) is 0. The number of rotatable bonds is 0. The highest BCUT2D eigenvalue weighted by Crippen LogP contribution is 2.50. The van der Waals surface area contributed by atoms with Crippen LogP contribution in [0.15, 0.2) is 23.2 Å². The Morgan fingerprint density at radius 1 is 1.36 bits per heavy atom. The van der Waals surface area contributed by atoms with Gasteiger partial charge in [0.25, 0.3) is 0 Å². The second-order valence-electron chi connectivity index (χ2n) is 3.98. The Balaban J connectivity index is 2.73. The summed E-state index contributed by atoms with van der Waals surface area (Å²) in [5, 5.41) is 10.2. The topological polar surface area (TPSA) is 20.2 Å². The standard InChI is InChI=1S/C11H10BrClO/c1-11(2)8-5-6(14)3-4-7(8)9(12)10(11)13/h3-5,14H,1-2H3. The molecular weight excluding hydrogens is 263 g/mol. The number of halogens is 2. The summed E-state index contributed by atoms with van der Waals surface area (Å²) in [6, 6.07) is 5.32. The Morgan fingerprint density at radius 2 is 2.00 bits per heavy atom. The Morgan fingerprint density at radius 3 is 2.64 bits per heavy atom. The summed E-state index contributed by atoms with van der Waals surface area (Å²) in [6.07, 6.45) is 0. The molecule has 0 saturated carbocycles. The minimum absolute atomic E-state index is 0.214. The average molecular weight is 274 g/mol. The lowest BCUT2D eigenvalue weighted by molar-refractivity contribution is 0.473. The van der Waals surface area contributed by atoms with Gasteiger partial charge in [-0.1, -0.05) is 25.4 Å². The molecule has 0 fully saturated rings. The van der Waals surface area contributed by atoms with Crippen molar-refractivity contribution in [3.63, 3.8) is 0 Å². The van der Waals surface area contributed by atoms with Gasteiger partial charge in [0, 0.05) is 14.9 Å². The molecule has 0 amide bonds. The van der Waals surface area contributed by atoms with E-state index in [-0.39, 0.29) is 11.2 Å². The van der Waals surface area contributed by atoms with E-state index in [0.29, 0.717) is 0 Å². The maximum Gasteiger partial charge on any atom is 0.115 e. The molecule has 1 aromatic carbocycles. The first kappa shape index (κ1) is 10.1. The zero-order valence-electron chi connectivity index (χ0n) is 7.94. The van der Waals surface area contributed by atoms with Crippen LogP contribution in [-0.2, 0) is 5.41 Å². The normalized spacial score (nSPS) is 18.6. The van der Waals surface area contributed by atoms with Crippen molar-refractivity contribution in [1.82, 2.24) is 0 Å². The van der Waals surface area contributed by atoms with Crippen LogP contribution < -0.4 is 0 Å². The number of phenols is 1. The van der Waals surface area contributed by atoms with Crippen molar-refractivity contribution < 1.29 is 5.11 Å². The second kappa shape index (κ2) is 3.01. The van der Waals surface area contributed by atoms with E-state index in [1.807, 2.05) is 19.9 Å². The van der Waals surface area contributed by atoms with Crippen LogP contribution in [0.1, 0.15) is 25.0 Å². The number of fused-ring (bicyclic) bond motifs is 1. The number of aromatic hydroxyl groups is 1. The molecule has 0 spiro atoms. The number of hydrogen-bond acceptors (Lipinski definition) is 1. The molecule has 3 heteroatoms. The van der Waals surface area contributed by atoms with Crippen molar-refractivity contribution in [3.8, 4) is 5.75 Å². The van der Waals surface area contributed by atoms with Crippen LogP contribution >= 0.6 is 27.5 Å². The van der Waals surface area contributed by atoms with Gasteiger partial charge in [-0.15, -0.1) is 0 Å². The molecule has 1 N–H and O–H groups in total.